The highest BCUT2D eigenvalue weighted by Gasteiger charge is 2.43. The van der Waals surface area contributed by atoms with Gasteiger partial charge in [0.2, 0.25) is 16.0 Å². The van der Waals surface area contributed by atoms with E-state index in [4.69, 9.17) is 4.74 Å². The Hall–Kier alpha value is -1.32. The van der Waals surface area contributed by atoms with Gasteiger partial charge in [-0.15, -0.1) is 0 Å². The van der Waals surface area contributed by atoms with Crippen LogP contribution in [0.5, 0.6) is 0 Å². The van der Waals surface area contributed by atoms with Crippen LogP contribution in [0.15, 0.2) is 12.4 Å². The van der Waals surface area contributed by atoms with Gasteiger partial charge < -0.3 is 9.64 Å². The van der Waals surface area contributed by atoms with Crippen molar-refractivity contribution >= 4 is 16.0 Å². The molecular weight excluding hydrogens is 323 g/mol. The zero-order valence-corrected chi connectivity index (χ0v) is 13.9. The Bertz CT molecular complexity index is 654. The predicted octanol–water partition coefficient (Wildman–Crippen LogP) is 0.683. The molecule has 0 radical (unpaired) electrons. The summed E-state index contributed by atoms with van der Waals surface area (Å²) >= 11 is 0. The van der Waals surface area contributed by atoms with E-state index in [1.165, 1.54) is 0 Å². The van der Waals surface area contributed by atoms with Crippen LogP contribution in [0.3, 0.4) is 0 Å². The highest BCUT2D eigenvalue weighted by Crippen LogP contribution is 2.37. The van der Waals surface area contributed by atoms with Crippen molar-refractivity contribution in [2.75, 3.05) is 30.8 Å². The molecule has 1 spiro atoms. The molecule has 1 N–H and O–H groups in total. The second kappa shape index (κ2) is 6.29. The zero-order chi connectivity index (χ0) is 16.5. The van der Waals surface area contributed by atoms with E-state index in [0.717, 1.165) is 50.9 Å². The summed E-state index contributed by atoms with van der Waals surface area (Å²) < 4.78 is 44.1. The van der Waals surface area contributed by atoms with Crippen molar-refractivity contribution in [1.29, 1.82) is 0 Å². The van der Waals surface area contributed by atoms with Crippen LogP contribution in [0.4, 0.5) is 10.3 Å². The Morgan fingerprint density at radius 2 is 2.17 bits per heavy atom. The lowest BCUT2D eigenvalue weighted by molar-refractivity contribution is -0.112. The lowest BCUT2D eigenvalue weighted by Crippen LogP contribution is -2.46. The Kier molecular flexibility index (Phi) is 4.52. The number of hydrogen-bond acceptors (Lipinski definition) is 6. The number of sulfonamides is 1. The van der Waals surface area contributed by atoms with Gasteiger partial charge >= 0.3 is 0 Å². The molecule has 9 heteroatoms. The summed E-state index contributed by atoms with van der Waals surface area (Å²) in [6.07, 6.45) is 6.96. The van der Waals surface area contributed by atoms with Crippen LogP contribution in [0.1, 0.15) is 25.7 Å². The third-order valence-electron chi connectivity index (χ3n) is 4.35. The number of hydrogen-bond donors (Lipinski definition) is 1. The molecule has 128 valence electrons. The van der Waals surface area contributed by atoms with E-state index in [2.05, 4.69) is 14.7 Å². The van der Waals surface area contributed by atoms with Crippen LogP contribution >= 0.6 is 0 Å². The molecule has 0 aromatic carbocycles. The molecule has 2 saturated heterocycles. The third kappa shape index (κ3) is 4.15. The van der Waals surface area contributed by atoms with Gasteiger partial charge in [0.1, 0.15) is 0 Å². The standard InChI is InChI=1S/C14H21FN4O3S/c1-23(20,21)18-9-12-3-2-4-14(22-12)5-6-19(10-14)13-16-7-11(15)8-17-13/h7-8,12,18H,2-6,9-10H2,1H3/t12-,14-/m0/s1. The first-order chi connectivity index (χ1) is 10.9. The third-order valence-corrected chi connectivity index (χ3v) is 5.05. The minimum Gasteiger partial charge on any atom is -0.368 e. The quantitative estimate of drug-likeness (QED) is 0.865. The summed E-state index contributed by atoms with van der Waals surface area (Å²) in [5, 5.41) is 0. The maximum atomic E-state index is 12.9. The van der Waals surface area contributed by atoms with Crippen LogP contribution in [0.2, 0.25) is 0 Å². The van der Waals surface area contributed by atoms with Gasteiger partial charge in [-0.2, -0.15) is 0 Å². The van der Waals surface area contributed by atoms with E-state index >= 15 is 0 Å². The Labute approximate surface area is 135 Å². The number of anilines is 1. The molecule has 23 heavy (non-hydrogen) atoms. The van der Waals surface area contributed by atoms with E-state index < -0.39 is 15.8 Å². The van der Waals surface area contributed by atoms with Gasteiger partial charge in [0, 0.05) is 19.6 Å². The molecule has 0 bridgehead atoms. The highest BCUT2D eigenvalue weighted by atomic mass is 32.2. The Morgan fingerprint density at radius 3 is 2.87 bits per heavy atom. The molecule has 7 nitrogen and oxygen atoms in total. The van der Waals surface area contributed by atoms with Gasteiger partial charge in [0.25, 0.3) is 0 Å². The predicted molar refractivity (Wildman–Crippen MR) is 83.1 cm³/mol. The Morgan fingerprint density at radius 1 is 1.43 bits per heavy atom. The SMILES string of the molecule is CS(=O)(=O)NC[C@@H]1CCC[C@@]2(CCN(c3ncc(F)cn3)C2)O1. The molecule has 0 amide bonds. The van der Waals surface area contributed by atoms with Crippen LogP contribution in [-0.4, -0.2) is 56.0 Å². The molecule has 2 atom stereocenters. The molecule has 1 aromatic heterocycles. The fourth-order valence-electron chi connectivity index (χ4n) is 3.30. The molecule has 0 unspecified atom stereocenters. The van der Waals surface area contributed by atoms with Crippen molar-refractivity contribution in [2.45, 2.75) is 37.4 Å². The lowest BCUT2D eigenvalue weighted by Gasteiger charge is -2.38. The van der Waals surface area contributed by atoms with Crippen molar-refractivity contribution in [3.8, 4) is 0 Å². The first kappa shape index (κ1) is 16.5. The van der Waals surface area contributed by atoms with E-state index in [-0.39, 0.29) is 11.7 Å². The number of nitrogens with one attached hydrogen (secondary N) is 1. The van der Waals surface area contributed by atoms with Gasteiger partial charge in [-0.25, -0.2) is 27.5 Å². The molecule has 2 fully saturated rings. The summed E-state index contributed by atoms with van der Waals surface area (Å²) in [6.45, 7) is 1.69. The van der Waals surface area contributed by atoms with Crippen LogP contribution in [0.25, 0.3) is 0 Å². The first-order valence-corrected chi connectivity index (χ1v) is 9.59. The molecule has 1 aromatic rings. The van der Waals surface area contributed by atoms with E-state index in [1.54, 1.807) is 0 Å². The normalized spacial score (nSPS) is 28.4. The minimum absolute atomic E-state index is 0.118. The summed E-state index contributed by atoms with van der Waals surface area (Å²) in [4.78, 5) is 10.0. The second-order valence-corrected chi connectivity index (χ2v) is 8.14. The molecule has 2 aliphatic rings. The zero-order valence-electron chi connectivity index (χ0n) is 13.0. The van der Waals surface area contributed by atoms with Crippen LogP contribution in [-0.2, 0) is 14.8 Å². The topological polar surface area (TPSA) is 84.4 Å². The fourth-order valence-corrected chi connectivity index (χ4v) is 3.78. The monoisotopic (exact) mass is 344 g/mol. The highest BCUT2D eigenvalue weighted by molar-refractivity contribution is 7.88. The first-order valence-electron chi connectivity index (χ1n) is 7.70. The molecule has 0 saturated carbocycles. The van der Waals surface area contributed by atoms with Crippen LogP contribution in [0, 0.1) is 5.82 Å². The number of nitrogens with zero attached hydrogens (tertiary/aromatic N) is 3. The van der Waals surface area contributed by atoms with E-state index in [1.807, 2.05) is 4.90 Å². The number of rotatable bonds is 4. The maximum absolute atomic E-state index is 12.9. The van der Waals surface area contributed by atoms with Crippen molar-refractivity contribution < 1.29 is 17.5 Å². The summed E-state index contributed by atoms with van der Waals surface area (Å²) in [7, 11) is -3.21. The van der Waals surface area contributed by atoms with Gasteiger partial charge in [-0.1, -0.05) is 0 Å². The molecular formula is C14H21FN4O3S. The summed E-state index contributed by atoms with van der Waals surface area (Å²) in [6, 6.07) is 0. The van der Waals surface area contributed by atoms with Gasteiger partial charge in [0.05, 0.1) is 30.4 Å². The van der Waals surface area contributed by atoms with Gasteiger partial charge in [-0.05, 0) is 25.7 Å². The van der Waals surface area contributed by atoms with Crippen molar-refractivity contribution in [2.24, 2.45) is 0 Å². The summed E-state index contributed by atoms with van der Waals surface area (Å²) in [5.41, 5.74) is -0.292. The van der Waals surface area contributed by atoms with Crippen molar-refractivity contribution in [3.05, 3.63) is 18.2 Å². The molecule has 3 rings (SSSR count). The molecule has 2 aliphatic heterocycles. The van der Waals surface area contributed by atoms with Crippen LogP contribution < -0.4 is 9.62 Å². The lowest BCUT2D eigenvalue weighted by atomic mass is 9.90. The van der Waals surface area contributed by atoms with Crippen molar-refractivity contribution in [3.63, 3.8) is 0 Å². The largest absolute Gasteiger partial charge is 0.368 e. The summed E-state index contributed by atoms with van der Waals surface area (Å²) in [5.74, 6) is 0.0479. The van der Waals surface area contributed by atoms with Crippen molar-refractivity contribution in [1.82, 2.24) is 14.7 Å². The van der Waals surface area contributed by atoms with Gasteiger partial charge in [0.15, 0.2) is 5.82 Å². The Balaban J connectivity index is 1.62. The number of aromatic nitrogens is 2. The second-order valence-electron chi connectivity index (χ2n) is 6.31. The maximum Gasteiger partial charge on any atom is 0.225 e. The average Bonchev–Trinajstić information content (AvgIpc) is 2.89. The fraction of sp³-hybridized carbons (Fsp3) is 0.714. The minimum atomic E-state index is -3.21. The van der Waals surface area contributed by atoms with E-state index in [0.29, 0.717) is 19.0 Å². The molecule has 0 aliphatic carbocycles. The number of ether oxygens (including phenoxy) is 1. The smallest absolute Gasteiger partial charge is 0.225 e. The molecule has 3 heterocycles. The average molecular weight is 344 g/mol. The van der Waals surface area contributed by atoms with E-state index in [9.17, 15) is 12.8 Å². The van der Waals surface area contributed by atoms with Gasteiger partial charge in [-0.3, -0.25) is 0 Å². The number of halogens is 1.